The minimum Gasteiger partial charge on any atom is -0.387 e. The molecular formula is C9H11N3O3. The largest absolute Gasteiger partial charge is 0.387 e. The first-order valence-corrected chi connectivity index (χ1v) is 4.33. The van der Waals surface area contributed by atoms with Gasteiger partial charge >= 0.3 is 11.9 Å². The standard InChI is InChI=1S/C5H9N3.C4H2O3/c6-2-1-5-3-7-4-8-5;5-3-1-2-4(6)7-3/h3-4H,1-2,6H2,(H,7,8);1-2H. The summed E-state index contributed by atoms with van der Waals surface area (Å²) >= 11 is 0. The van der Waals surface area contributed by atoms with Crippen LogP contribution < -0.4 is 5.73 Å². The van der Waals surface area contributed by atoms with Crippen LogP contribution in [0, 0.1) is 0 Å². The van der Waals surface area contributed by atoms with Crippen LogP contribution in [0.5, 0.6) is 0 Å². The highest BCUT2D eigenvalue weighted by Crippen LogP contribution is 1.92. The number of nitrogens with two attached hydrogens (primary N) is 1. The van der Waals surface area contributed by atoms with E-state index in [9.17, 15) is 9.59 Å². The molecule has 2 heterocycles. The smallest absolute Gasteiger partial charge is 0.338 e. The lowest BCUT2D eigenvalue weighted by atomic mass is 10.3. The van der Waals surface area contributed by atoms with E-state index in [-0.39, 0.29) is 0 Å². The summed E-state index contributed by atoms with van der Waals surface area (Å²) in [6.45, 7) is 0.683. The Morgan fingerprint density at radius 1 is 1.33 bits per heavy atom. The fourth-order valence-corrected chi connectivity index (χ4v) is 0.880. The summed E-state index contributed by atoms with van der Waals surface area (Å²) in [5, 5.41) is 0. The van der Waals surface area contributed by atoms with Crippen molar-refractivity contribution in [2.45, 2.75) is 6.42 Å². The number of imidazole rings is 1. The van der Waals surface area contributed by atoms with Crippen molar-refractivity contribution in [1.29, 1.82) is 0 Å². The number of nitrogens with zero attached hydrogens (tertiary/aromatic N) is 1. The lowest BCUT2D eigenvalue weighted by Gasteiger charge is -1.86. The van der Waals surface area contributed by atoms with E-state index in [1.165, 1.54) is 0 Å². The molecule has 6 heteroatoms. The quantitative estimate of drug-likeness (QED) is 0.507. The normalized spacial score (nSPS) is 13.4. The predicted octanol–water partition coefficient (Wildman–Crippen LogP) is -0.463. The third-order valence-electron chi connectivity index (χ3n) is 1.53. The van der Waals surface area contributed by atoms with Crippen molar-refractivity contribution in [1.82, 2.24) is 9.97 Å². The molecular weight excluding hydrogens is 198 g/mol. The Kier molecular flexibility index (Phi) is 4.24. The molecule has 0 amide bonds. The highest BCUT2D eigenvalue weighted by atomic mass is 16.6. The number of nitrogens with one attached hydrogen (secondary N) is 1. The van der Waals surface area contributed by atoms with Gasteiger partial charge in [-0.3, -0.25) is 0 Å². The van der Waals surface area contributed by atoms with E-state index < -0.39 is 11.9 Å². The lowest BCUT2D eigenvalue weighted by Crippen LogP contribution is -2.02. The van der Waals surface area contributed by atoms with Crippen LogP contribution in [0.15, 0.2) is 24.7 Å². The Morgan fingerprint density at radius 3 is 2.33 bits per heavy atom. The Balaban J connectivity index is 0.000000151. The number of hydrogen-bond acceptors (Lipinski definition) is 5. The molecule has 2 rings (SSSR count). The molecule has 0 aliphatic carbocycles. The average Bonchev–Trinajstić information content (AvgIpc) is 2.80. The highest BCUT2D eigenvalue weighted by Gasteiger charge is 2.10. The number of carbonyl (C=O) groups is 2. The van der Waals surface area contributed by atoms with Crippen LogP contribution >= 0.6 is 0 Å². The van der Waals surface area contributed by atoms with E-state index >= 15 is 0 Å². The number of cyclic esters (lactones) is 2. The van der Waals surface area contributed by atoms with Crippen molar-refractivity contribution in [2.75, 3.05) is 6.54 Å². The first-order chi connectivity index (χ1) is 7.22. The van der Waals surface area contributed by atoms with Crippen LogP contribution in [0.2, 0.25) is 0 Å². The molecule has 1 aliphatic heterocycles. The second-order valence-corrected chi connectivity index (χ2v) is 2.69. The number of aromatic amines is 1. The van der Waals surface area contributed by atoms with Gasteiger partial charge < -0.3 is 15.5 Å². The molecule has 0 bridgehead atoms. The van der Waals surface area contributed by atoms with E-state index in [0.717, 1.165) is 24.3 Å². The van der Waals surface area contributed by atoms with Gasteiger partial charge in [-0.15, -0.1) is 0 Å². The molecule has 1 aliphatic rings. The van der Waals surface area contributed by atoms with Crippen LogP contribution in [0.3, 0.4) is 0 Å². The topological polar surface area (TPSA) is 98.1 Å². The van der Waals surface area contributed by atoms with Crippen molar-refractivity contribution in [3.8, 4) is 0 Å². The number of H-pyrrole nitrogens is 1. The maximum absolute atomic E-state index is 9.92. The Morgan fingerprint density at radius 2 is 2.00 bits per heavy atom. The van der Waals surface area contributed by atoms with Crippen molar-refractivity contribution in [2.24, 2.45) is 5.73 Å². The maximum atomic E-state index is 9.92. The third-order valence-corrected chi connectivity index (χ3v) is 1.53. The number of aromatic nitrogens is 2. The van der Waals surface area contributed by atoms with Crippen molar-refractivity contribution in [3.05, 3.63) is 30.4 Å². The molecule has 3 N–H and O–H groups in total. The molecule has 15 heavy (non-hydrogen) atoms. The van der Waals surface area contributed by atoms with Gasteiger partial charge in [-0.2, -0.15) is 0 Å². The minimum atomic E-state index is -0.579. The first-order valence-electron chi connectivity index (χ1n) is 4.33. The van der Waals surface area contributed by atoms with E-state index in [0.29, 0.717) is 6.54 Å². The van der Waals surface area contributed by atoms with Crippen LogP contribution in [0.4, 0.5) is 0 Å². The zero-order valence-electron chi connectivity index (χ0n) is 7.97. The van der Waals surface area contributed by atoms with Gasteiger partial charge in [0.05, 0.1) is 6.33 Å². The van der Waals surface area contributed by atoms with Gasteiger partial charge in [0.1, 0.15) is 0 Å². The molecule has 0 saturated carbocycles. The Hall–Kier alpha value is -1.95. The number of carbonyl (C=O) groups excluding carboxylic acids is 2. The Bertz CT molecular complexity index is 341. The lowest BCUT2D eigenvalue weighted by molar-refractivity contribution is -0.150. The molecule has 0 radical (unpaired) electrons. The van der Waals surface area contributed by atoms with Gasteiger partial charge in [0.25, 0.3) is 0 Å². The van der Waals surface area contributed by atoms with Crippen molar-refractivity contribution >= 4 is 11.9 Å². The highest BCUT2D eigenvalue weighted by molar-refractivity contribution is 6.04. The molecule has 80 valence electrons. The summed E-state index contributed by atoms with van der Waals surface area (Å²) in [5.74, 6) is -1.16. The molecule has 6 nitrogen and oxygen atoms in total. The second-order valence-electron chi connectivity index (χ2n) is 2.69. The fraction of sp³-hybridized carbons (Fsp3) is 0.222. The van der Waals surface area contributed by atoms with Gasteiger partial charge in [0.15, 0.2) is 0 Å². The van der Waals surface area contributed by atoms with Gasteiger partial charge in [-0.25, -0.2) is 14.6 Å². The summed E-state index contributed by atoms with van der Waals surface area (Å²) < 4.78 is 3.97. The van der Waals surface area contributed by atoms with E-state index in [1.54, 1.807) is 12.5 Å². The average molecular weight is 209 g/mol. The van der Waals surface area contributed by atoms with Crippen molar-refractivity contribution in [3.63, 3.8) is 0 Å². The third kappa shape index (κ3) is 4.19. The Labute approximate surface area is 86.1 Å². The van der Waals surface area contributed by atoms with Crippen LogP contribution in [-0.2, 0) is 20.7 Å². The molecule has 0 saturated heterocycles. The monoisotopic (exact) mass is 209 g/mol. The predicted molar refractivity (Wildman–Crippen MR) is 51.6 cm³/mol. The SMILES string of the molecule is NCCc1cnc[nH]1.O=C1C=CC(=O)O1. The summed E-state index contributed by atoms with van der Waals surface area (Å²) in [7, 11) is 0. The van der Waals surface area contributed by atoms with Crippen LogP contribution in [-0.4, -0.2) is 28.5 Å². The van der Waals surface area contributed by atoms with Gasteiger partial charge in [-0.1, -0.05) is 0 Å². The van der Waals surface area contributed by atoms with E-state index in [2.05, 4.69) is 14.7 Å². The van der Waals surface area contributed by atoms with E-state index in [4.69, 9.17) is 5.73 Å². The molecule has 0 aromatic carbocycles. The van der Waals surface area contributed by atoms with Gasteiger partial charge in [0, 0.05) is 30.5 Å². The molecule has 1 aromatic heterocycles. The number of esters is 2. The molecule has 0 spiro atoms. The zero-order chi connectivity index (χ0) is 11.1. The molecule has 1 aromatic rings. The van der Waals surface area contributed by atoms with Gasteiger partial charge in [-0.05, 0) is 6.54 Å². The number of ether oxygens (including phenoxy) is 1. The maximum Gasteiger partial charge on any atom is 0.338 e. The zero-order valence-corrected chi connectivity index (χ0v) is 7.97. The van der Waals surface area contributed by atoms with E-state index in [1.807, 2.05) is 0 Å². The molecule has 0 atom stereocenters. The van der Waals surface area contributed by atoms with Gasteiger partial charge in [0.2, 0.25) is 0 Å². The first kappa shape index (κ1) is 11.1. The van der Waals surface area contributed by atoms with Crippen LogP contribution in [0.1, 0.15) is 5.69 Å². The molecule has 0 unspecified atom stereocenters. The second kappa shape index (κ2) is 5.71. The summed E-state index contributed by atoms with van der Waals surface area (Å²) in [6.07, 6.45) is 6.50. The number of hydrogen-bond donors (Lipinski definition) is 2. The number of rotatable bonds is 2. The minimum absolute atomic E-state index is 0.579. The molecule has 0 fully saturated rings. The fourth-order valence-electron chi connectivity index (χ4n) is 0.880. The summed E-state index contributed by atoms with van der Waals surface area (Å²) in [6, 6.07) is 0. The van der Waals surface area contributed by atoms with Crippen molar-refractivity contribution < 1.29 is 14.3 Å². The summed E-state index contributed by atoms with van der Waals surface area (Å²) in [4.78, 5) is 26.6. The summed E-state index contributed by atoms with van der Waals surface area (Å²) in [5.41, 5.74) is 6.38. The van der Waals surface area contributed by atoms with Crippen LogP contribution in [0.25, 0.3) is 0 Å².